The van der Waals surface area contributed by atoms with E-state index in [2.05, 4.69) is 5.32 Å². The van der Waals surface area contributed by atoms with Crippen LogP contribution in [0, 0.1) is 0 Å². The highest BCUT2D eigenvalue weighted by atomic mass is 35.5. The van der Waals surface area contributed by atoms with E-state index < -0.39 is 16.1 Å². The molecule has 2 aromatic carbocycles. The second-order valence-corrected chi connectivity index (χ2v) is 7.42. The summed E-state index contributed by atoms with van der Waals surface area (Å²) in [4.78, 5) is 11.7. The zero-order chi connectivity index (χ0) is 17.0. The summed E-state index contributed by atoms with van der Waals surface area (Å²) in [6, 6.07) is 9.43. The summed E-state index contributed by atoms with van der Waals surface area (Å²) < 4.78 is 25.9. The van der Waals surface area contributed by atoms with Crippen LogP contribution in [0.5, 0.6) is 0 Å². The first-order chi connectivity index (χ1) is 10.8. The molecule has 0 radical (unpaired) electrons. The lowest BCUT2D eigenvalue weighted by molar-refractivity contribution is 0.245. The van der Waals surface area contributed by atoms with Crippen molar-refractivity contribution in [1.82, 2.24) is 10.0 Å². The molecule has 2 aromatic rings. The van der Waals surface area contributed by atoms with Crippen LogP contribution in [0.4, 0.5) is 4.79 Å². The lowest BCUT2D eigenvalue weighted by Gasteiger charge is -2.09. The molecule has 122 valence electrons. The lowest BCUT2D eigenvalue weighted by atomic mass is 10.2. The summed E-state index contributed by atoms with van der Waals surface area (Å²) in [7, 11) is -3.96. The van der Waals surface area contributed by atoms with Crippen molar-refractivity contribution in [3.05, 3.63) is 63.1 Å². The largest absolute Gasteiger partial charge is 0.333 e. The summed E-state index contributed by atoms with van der Waals surface area (Å²) in [5, 5.41) is 3.56. The van der Waals surface area contributed by atoms with E-state index in [9.17, 15) is 13.2 Å². The molecule has 0 unspecified atom stereocenters. The lowest BCUT2D eigenvalue weighted by Crippen LogP contribution is -2.39. The van der Waals surface area contributed by atoms with Crippen LogP contribution in [0.1, 0.15) is 5.56 Å². The normalized spacial score (nSPS) is 11.1. The highest BCUT2D eigenvalue weighted by Crippen LogP contribution is 2.22. The van der Waals surface area contributed by atoms with E-state index in [1.807, 2.05) is 4.72 Å². The van der Waals surface area contributed by atoms with Gasteiger partial charge in [-0.25, -0.2) is 17.9 Å². The first-order valence-corrected chi connectivity index (χ1v) is 8.90. The Kier molecular flexibility index (Phi) is 5.75. The van der Waals surface area contributed by atoms with Crippen molar-refractivity contribution in [3.8, 4) is 0 Å². The first kappa shape index (κ1) is 17.9. The van der Waals surface area contributed by atoms with Gasteiger partial charge in [0.15, 0.2) is 0 Å². The number of hydrogen-bond donors (Lipinski definition) is 2. The molecule has 5 nitrogen and oxygen atoms in total. The van der Waals surface area contributed by atoms with Gasteiger partial charge in [0.1, 0.15) is 0 Å². The molecule has 23 heavy (non-hydrogen) atoms. The molecule has 9 heteroatoms. The van der Waals surface area contributed by atoms with Crippen molar-refractivity contribution in [2.24, 2.45) is 0 Å². The smallest absolute Gasteiger partial charge is 0.328 e. The van der Waals surface area contributed by atoms with Crippen LogP contribution in [-0.2, 0) is 16.6 Å². The van der Waals surface area contributed by atoms with Gasteiger partial charge in [-0.2, -0.15) is 0 Å². The predicted molar refractivity (Wildman–Crippen MR) is 90.5 cm³/mol. The minimum Gasteiger partial charge on any atom is -0.333 e. The molecule has 2 amide bonds. The van der Waals surface area contributed by atoms with Crippen molar-refractivity contribution < 1.29 is 13.2 Å². The molecule has 0 aliphatic rings. The van der Waals surface area contributed by atoms with E-state index in [1.54, 1.807) is 18.2 Å². The van der Waals surface area contributed by atoms with Crippen molar-refractivity contribution >= 4 is 50.9 Å². The first-order valence-electron chi connectivity index (χ1n) is 6.28. The fourth-order valence-corrected chi connectivity index (χ4v) is 3.04. The number of carbonyl (C=O) groups is 1. The number of sulfonamides is 1. The second kappa shape index (κ2) is 7.40. The van der Waals surface area contributed by atoms with Gasteiger partial charge >= 0.3 is 6.03 Å². The van der Waals surface area contributed by atoms with Gasteiger partial charge in [0.25, 0.3) is 10.0 Å². The Morgan fingerprint density at radius 2 is 1.61 bits per heavy atom. The van der Waals surface area contributed by atoms with Crippen LogP contribution in [0.2, 0.25) is 15.1 Å². The quantitative estimate of drug-likeness (QED) is 0.829. The van der Waals surface area contributed by atoms with Crippen LogP contribution >= 0.6 is 34.8 Å². The number of hydrogen-bond acceptors (Lipinski definition) is 3. The van der Waals surface area contributed by atoms with E-state index in [0.29, 0.717) is 20.6 Å². The fourth-order valence-electron chi connectivity index (χ4n) is 1.66. The van der Waals surface area contributed by atoms with Gasteiger partial charge < -0.3 is 5.32 Å². The number of rotatable bonds is 4. The number of urea groups is 1. The maximum absolute atomic E-state index is 12.0. The minimum absolute atomic E-state index is 0.0633. The molecule has 0 atom stereocenters. The molecule has 2 N–H and O–H groups in total. The second-order valence-electron chi connectivity index (χ2n) is 4.49. The molecule has 0 aliphatic carbocycles. The maximum atomic E-state index is 12.0. The molecular weight excluding hydrogens is 383 g/mol. The molecular formula is C14H11Cl3N2O3S. The summed E-state index contributed by atoms with van der Waals surface area (Å²) in [5.74, 6) is 0. The zero-order valence-electron chi connectivity index (χ0n) is 11.5. The number of carbonyl (C=O) groups excluding carboxylic acids is 1. The molecule has 0 heterocycles. The van der Waals surface area contributed by atoms with Crippen molar-refractivity contribution in [1.29, 1.82) is 0 Å². The van der Waals surface area contributed by atoms with Crippen molar-refractivity contribution in [3.63, 3.8) is 0 Å². The Labute approximate surface area is 148 Å². The average molecular weight is 394 g/mol. The fraction of sp³-hybridized carbons (Fsp3) is 0.0714. The Hall–Kier alpha value is -1.47. The van der Waals surface area contributed by atoms with Gasteiger partial charge in [-0.1, -0.05) is 40.9 Å². The van der Waals surface area contributed by atoms with E-state index in [1.165, 1.54) is 24.3 Å². The van der Waals surface area contributed by atoms with Gasteiger partial charge in [-0.15, -0.1) is 0 Å². The Morgan fingerprint density at radius 3 is 2.22 bits per heavy atom. The van der Waals surface area contributed by atoms with Crippen LogP contribution < -0.4 is 10.0 Å². The van der Waals surface area contributed by atoms with Crippen LogP contribution in [-0.4, -0.2) is 14.4 Å². The number of benzene rings is 2. The Balaban J connectivity index is 1.98. The van der Waals surface area contributed by atoms with Crippen LogP contribution in [0.25, 0.3) is 0 Å². The summed E-state index contributed by atoms with van der Waals surface area (Å²) in [6.07, 6.45) is 0. The monoisotopic (exact) mass is 392 g/mol. The Bertz CT molecular complexity index is 824. The van der Waals surface area contributed by atoms with Gasteiger partial charge in [0.05, 0.1) is 14.9 Å². The molecule has 0 aromatic heterocycles. The summed E-state index contributed by atoms with van der Waals surface area (Å²) in [6.45, 7) is 0.0961. The van der Waals surface area contributed by atoms with Gasteiger partial charge in [-0.05, 0) is 42.0 Å². The van der Waals surface area contributed by atoms with Crippen LogP contribution in [0.3, 0.4) is 0 Å². The molecule has 0 bridgehead atoms. The highest BCUT2D eigenvalue weighted by Gasteiger charge is 2.17. The third kappa shape index (κ3) is 5.00. The number of amides is 2. The molecule has 0 saturated carbocycles. The minimum atomic E-state index is -3.96. The molecule has 2 rings (SSSR count). The number of nitrogens with one attached hydrogen (secondary N) is 2. The third-order valence-electron chi connectivity index (χ3n) is 2.79. The molecule has 0 saturated heterocycles. The average Bonchev–Trinajstić information content (AvgIpc) is 2.48. The van der Waals surface area contributed by atoms with Gasteiger partial charge in [0, 0.05) is 11.6 Å². The van der Waals surface area contributed by atoms with E-state index in [-0.39, 0.29) is 11.4 Å². The van der Waals surface area contributed by atoms with Crippen molar-refractivity contribution in [2.75, 3.05) is 0 Å². The standard InChI is InChI=1S/C14H11Cl3N2O3S/c15-10-2-4-11(5-3-10)23(21,22)19-14(20)18-8-9-1-6-12(16)13(17)7-9/h1-7H,8H2,(H2,18,19,20). The van der Waals surface area contributed by atoms with E-state index >= 15 is 0 Å². The summed E-state index contributed by atoms with van der Waals surface area (Å²) in [5.41, 5.74) is 0.679. The van der Waals surface area contributed by atoms with Gasteiger partial charge in [-0.3, -0.25) is 0 Å². The van der Waals surface area contributed by atoms with Gasteiger partial charge in [0.2, 0.25) is 0 Å². The third-order valence-corrected chi connectivity index (χ3v) is 5.13. The molecule has 0 spiro atoms. The highest BCUT2D eigenvalue weighted by molar-refractivity contribution is 7.90. The van der Waals surface area contributed by atoms with E-state index in [0.717, 1.165) is 0 Å². The van der Waals surface area contributed by atoms with Crippen LogP contribution in [0.15, 0.2) is 47.4 Å². The SMILES string of the molecule is O=C(NCc1ccc(Cl)c(Cl)c1)NS(=O)(=O)c1ccc(Cl)cc1. The summed E-state index contributed by atoms with van der Waals surface area (Å²) >= 11 is 17.3. The molecule has 0 aliphatic heterocycles. The van der Waals surface area contributed by atoms with Crippen molar-refractivity contribution in [2.45, 2.75) is 11.4 Å². The maximum Gasteiger partial charge on any atom is 0.328 e. The Morgan fingerprint density at radius 1 is 0.957 bits per heavy atom. The predicted octanol–water partition coefficient (Wildman–Crippen LogP) is 3.83. The zero-order valence-corrected chi connectivity index (χ0v) is 14.6. The van der Waals surface area contributed by atoms with E-state index in [4.69, 9.17) is 34.8 Å². The molecule has 0 fully saturated rings. The number of halogens is 3. The topological polar surface area (TPSA) is 75.3 Å².